The summed E-state index contributed by atoms with van der Waals surface area (Å²) in [5, 5.41) is 6.44. The molecule has 1 N–H and O–H groups in total. The number of rotatable bonds is 6. The summed E-state index contributed by atoms with van der Waals surface area (Å²) in [5.74, 6) is 0.0834. The van der Waals surface area contributed by atoms with E-state index in [4.69, 9.17) is 0 Å². The molecule has 1 aliphatic rings. The fourth-order valence-electron chi connectivity index (χ4n) is 1.80. The lowest BCUT2D eigenvalue weighted by Crippen LogP contribution is -2.17. The van der Waals surface area contributed by atoms with Crippen LogP contribution in [0.3, 0.4) is 0 Å². The third-order valence-electron chi connectivity index (χ3n) is 3.01. The molecule has 0 unspecified atom stereocenters. The van der Waals surface area contributed by atoms with Crippen molar-refractivity contribution in [2.75, 3.05) is 12.9 Å². The van der Waals surface area contributed by atoms with E-state index in [-0.39, 0.29) is 5.97 Å². The van der Waals surface area contributed by atoms with Gasteiger partial charge in [-0.2, -0.15) is 0 Å². The van der Waals surface area contributed by atoms with E-state index < -0.39 is 0 Å². The van der Waals surface area contributed by atoms with E-state index >= 15 is 0 Å². The van der Waals surface area contributed by atoms with Gasteiger partial charge in [-0.1, -0.05) is 11.8 Å². The van der Waals surface area contributed by atoms with E-state index in [0.717, 1.165) is 22.2 Å². The number of carbonyl (C=O) groups excluding carboxylic acids is 1. The number of nitrogens with one attached hydrogen (secondary N) is 1. The summed E-state index contributed by atoms with van der Waals surface area (Å²) in [5.41, 5.74) is 1.14. The Bertz CT molecular complexity index is 589. The molecule has 0 amide bonds. The number of esters is 1. The van der Waals surface area contributed by atoms with Crippen LogP contribution in [0.2, 0.25) is 0 Å². The highest BCUT2D eigenvalue weighted by atomic mass is 32.2. The fourth-order valence-corrected chi connectivity index (χ4v) is 3.46. The number of carbonyl (C=O) groups is 1. The smallest absolute Gasteiger partial charge is 0.316 e. The lowest BCUT2D eigenvalue weighted by Gasteiger charge is -2.04. The average molecular weight is 297 g/mol. The Hall–Kier alpha value is -1.05. The van der Waals surface area contributed by atoms with E-state index in [0.29, 0.717) is 11.8 Å². The maximum atomic E-state index is 11.2. The topological polar surface area (TPSA) is 55.6 Å². The molecule has 5 nitrogen and oxygen atoms in total. The zero-order chi connectivity index (χ0) is 13.2. The van der Waals surface area contributed by atoms with E-state index in [1.807, 2.05) is 11.6 Å². The SMILES string of the molecule is COC(=O)CSc1nc2sccn2c1CNC1CC1. The van der Waals surface area contributed by atoms with Crippen LogP contribution in [-0.2, 0) is 16.1 Å². The van der Waals surface area contributed by atoms with Crippen molar-refractivity contribution < 1.29 is 9.53 Å². The van der Waals surface area contributed by atoms with Gasteiger partial charge in [-0.05, 0) is 12.8 Å². The first kappa shape index (κ1) is 13.0. The van der Waals surface area contributed by atoms with Crippen LogP contribution in [0, 0.1) is 0 Å². The molecule has 0 aliphatic heterocycles. The second-order valence-electron chi connectivity index (χ2n) is 4.44. The largest absolute Gasteiger partial charge is 0.468 e. The van der Waals surface area contributed by atoms with Gasteiger partial charge in [0, 0.05) is 24.2 Å². The first-order valence-electron chi connectivity index (χ1n) is 6.15. The zero-order valence-corrected chi connectivity index (χ0v) is 12.2. The molecule has 0 radical (unpaired) electrons. The van der Waals surface area contributed by atoms with Gasteiger partial charge in [0.05, 0.1) is 18.6 Å². The number of hydrogen-bond acceptors (Lipinski definition) is 6. The molecule has 0 aromatic carbocycles. The number of imidazole rings is 1. The second-order valence-corrected chi connectivity index (χ2v) is 6.28. The minimum absolute atomic E-state index is 0.220. The third-order valence-corrected chi connectivity index (χ3v) is 4.75. The van der Waals surface area contributed by atoms with Crippen molar-refractivity contribution >= 4 is 34.0 Å². The molecule has 1 saturated carbocycles. The van der Waals surface area contributed by atoms with Gasteiger partial charge in [0.15, 0.2) is 4.96 Å². The number of thiazole rings is 1. The molecule has 0 atom stereocenters. The Balaban J connectivity index is 1.77. The second kappa shape index (κ2) is 5.52. The van der Waals surface area contributed by atoms with Crippen molar-refractivity contribution in [3.8, 4) is 0 Å². The maximum Gasteiger partial charge on any atom is 0.316 e. The zero-order valence-electron chi connectivity index (χ0n) is 10.6. The van der Waals surface area contributed by atoms with Gasteiger partial charge in [-0.3, -0.25) is 9.20 Å². The first-order chi connectivity index (χ1) is 9.28. The molecule has 7 heteroatoms. The van der Waals surface area contributed by atoms with E-state index in [1.165, 1.54) is 31.7 Å². The van der Waals surface area contributed by atoms with Gasteiger partial charge in [-0.15, -0.1) is 11.3 Å². The Kier molecular flexibility index (Phi) is 3.76. The Morgan fingerprint density at radius 3 is 3.26 bits per heavy atom. The monoisotopic (exact) mass is 297 g/mol. The standard InChI is InChI=1S/C12H15N3O2S2/c1-17-10(16)7-19-11-9(6-13-8-2-3-8)15-4-5-18-12(15)14-11/h4-5,8,13H,2-3,6-7H2,1H3. The van der Waals surface area contributed by atoms with E-state index in [1.54, 1.807) is 11.3 Å². The van der Waals surface area contributed by atoms with Gasteiger partial charge in [0.2, 0.25) is 0 Å². The van der Waals surface area contributed by atoms with Crippen molar-refractivity contribution in [2.24, 2.45) is 0 Å². The van der Waals surface area contributed by atoms with E-state index in [2.05, 4.69) is 19.4 Å². The summed E-state index contributed by atoms with van der Waals surface area (Å²) in [6.07, 6.45) is 4.55. The van der Waals surface area contributed by atoms with Gasteiger partial charge in [0.25, 0.3) is 0 Å². The number of nitrogens with zero attached hydrogens (tertiary/aromatic N) is 2. The Morgan fingerprint density at radius 1 is 1.68 bits per heavy atom. The molecule has 2 aromatic rings. The molecule has 1 aliphatic carbocycles. The summed E-state index contributed by atoms with van der Waals surface area (Å²) in [6.45, 7) is 0.798. The van der Waals surface area contributed by atoms with Gasteiger partial charge < -0.3 is 10.1 Å². The van der Waals surface area contributed by atoms with Crippen LogP contribution < -0.4 is 5.32 Å². The molecule has 2 heterocycles. The quantitative estimate of drug-likeness (QED) is 0.652. The molecule has 2 aromatic heterocycles. The molecule has 19 heavy (non-hydrogen) atoms. The van der Waals surface area contributed by atoms with Gasteiger partial charge in [-0.25, -0.2) is 4.98 Å². The number of ether oxygens (including phenoxy) is 1. The first-order valence-corrected chi connectivity index (χ1v) is 8.02. The lowest BCUT2D eigenvalue weighted by molar-refractivity contribution is -0.137. The highest BCUT2D eigenvalue weighted by Gasteiger charge is 2.22. The van der Waals surface area contributed by atoms with Crippen molar-refractivity contribution in [3.05, 3.63) is 17.3 Å². The number of aromatic nitrogens is 2. The van der Waals surface area contributed by atoms with Crippen LogP contribution >= 0.6 is 23.1 Å². The number of hydrogen-bond donors (Lipinski definition) is 1. The van der Waals surface area contributed by atoms with Crippen LogP contribution in [0.4, 0.5) is 0 Å². The third kappa shape index (κ3) is 2.93. The fraction of sp³-hybridized carbons (Fsp3) is 0.500. The van der Waals surface area contributed by atoms with Crippen molar-refractivity contribution in [1.82, 2.24) is 14.7 Å². The summed E-state index contributed by atoms with van der Waals surface area (Å²) in [6, 6.07) is 0.655. The van der Waals surface area contributed by atoms with Gasteiger partial charge in [0.1, 0.15) is 5.03 Å². The number of fused-ring (bicyclic) bond motifs is 1. The highest BCUT2D eigenvalue weighted by Crippen LogP contribution is 2.27. The average Bonchev–Trinajstić information content (AvgIpc) is 3.03. The Labute approximate surface area is 119 Å². The van der Waals surface area contributed by atoms with Crippen LogP contribution in [0.15, 0.2) is 16.6 Å². The molecule has 0 spiro atoms. The minimum Gasteiger partial charge on any atom is -0.468 e. The number of thioether (sulfide) groups is 1. The summed E-state index contributed by atoms with van der Waals surface area (Å²) >= 11 is 3.05. The molecular weight excluding hydrogens is 282 g/mol. The molecule has 3 rings (SSSR count). The maximum absolute atomic E-state index is 11.2. The lowest BCUT2D eigenvalue weighted by atomic mass is 10.4. The van der Waals surface area contributed by atoms with Crippen LogP contribution in [0.25, 0.3) is 4.96 Å². The summed E-state index contributed by atoms with van der Waals surface area (Å²) < 4.78 is 6.77. The molecule has 0 saturated heterocycles. The van der Waals surface area contributed by atoms with Gasteiger partial charge >= 0.3 is 5.97 Å². The van der Waals surface area contributed by atoms with Crippen molar-refractivity contribution in [3.63, 3.8) is 0 Å². The number of methoxy groups -OCH3 is 1. The minimum atomic E-state index is -0.220. The summed E-state index contributed by atoms with van der Waals surface area (Å²) in [4.78, 5) is 16.8. The predicted molar refractivity (Wildman–Crippen MR) is 75.7 cm³/mol. The molecular formula is C12H15N3O2S2. The molecule has 102 valence electrons. The molecule has 1 fully saturated rings. The molecule has 0 bridgehead atoms. The van der Waals surface area contributed by atoms with Crippen LogP contribution in [0.5, 0.6) is 0 Å². The summed E-state index contributed by atoms with van der Waals surface area (Å²) in [7, 11) is 1.41. The highest BCUT2D eigenvalue weighted by molar-refractivity contribution is 7.99. The van der Waals surface area contributed by atoms with Crippen molar-refractivity contribution in [1.29, 1.82) is 0 Å². The predicted octanol–water partition coefficient (Wildman–Crippen LogP) is 1.91. The van der Waals surface area contributed by atoms with Crippen molar-refractivity contribution in [2.45, 2.75) is 30.5 Å². The van der Waals surface area contributed by atoms with Crippen LogP contribution in [0.1, 0.15) is 18.5 Å². The van der Waals surface area contributed by atoms with E-state index in [9.17, 15) is 4.79 Å². The normalized spacial score (nSPS) is 15.0. The van der Waals surface area contributed by atoms with Crippen LogP contribution in [-0.4, -0.2) is 34.3 Å². The Morgan fingerprint density at radius 2 is 2.53 bits per heavy atom.